The summed E-state index contributed by atoms with van der Waals surface area (Å²) in [5.74, 6) is 0.240. The van der Waals surface area contributed by atoms with Gasteiger partial charge in [-0.05, 0) is 19.2 Å². The van der Waals surface area contributed by atoms with Crippen LogP contribution in [0, 0.1) is 5.82 Å². The highest BCUT2D eigenvalue weighted by Crippen LogP contribution is 2.32. The van der Waals surface area contributed by atoms with Crippen molar-refractivity contribution >= 4 is 24.0 Å². The summed E-state index contributed by atoms with van der Waals surface area (Å²) < 4.78 is 19.0. The first-order chi connectivity index (χ1) is 8.63. The Morgan fingerprint density at radius 1 is 1.26 bits per heavy atom. The smallest absolute Gasteiger partial charge is 0.142 e. The zero-order valence-corrected chi connectivity index (χ0v) is 12.1. The van der Waals surface area contributed by atoms with Crippen LogP contribution in [0.3, 0.4) is 0 Å². The summed E-state index contributed by atoms with van der Waals surface area (Å²) in [6, 6.07) is 5.45. The molecule has 2 bridgehead atoms. The number of ether oxygens (including phenoxy) is 1. The minimum atomic E-state index is -0.408. The van der Waals surface area contributed by atoms with Crippen LogP contribution in [0.2, 0.25) is 5.02 Å². The average molecular weight is 304 g/mol. The molecule has 0 aromatic heterocycles. The minimum Gasteiger partial charge on any atom is -0.490 e. The van der Waals surface area contributed by atoms with E-state index in [-0.39, 0.29) is 23.5 Å². The zero-order valence-electron chi connectivity index (χ0n) is 10.6. The first-order valence-electron chi connectivity index (χ1n) is 6.15. The van der Waals surface area contributed by atoms with Gasteiger partial charge in [0, 0.05) is 31.0 Å². The molecule has 2 aliphatic rings. The van der Waals surface area contributed by atoms with Crippen molar-refractivity contribution in [3.8, 4) is 5.75 Å². The van der Waals surface area contributed by atoms with Crippen molar-refractivity contribution in [2.75, 3.05) is 7.05 Å². The number of nitrogens with zero attached hydrogens (tertiary/aromatic N) is 1. The number of likely N-dealkylation sites (N-methyl/N-ethyl adjacent to an activating group) is 1. The van der Waals surface area contributed by atoms with E-state index in [2.05, 4.69) is 24.1 Å². The topological polar surface area (TPSA) is 12.5 Å². The van der Waals surface area contributed by atoms with E-state index in [1.807, 2.05) is 0 Å². The van der Waals surface area contributed by atoms with E-state index in [4.69, 9.17) is 16.3 Å². The molecular weight excluding hydrogens is 288 g/mol. The van der Waals surface area contributed by atoms with E-state index in [9.17, 15) is 4.39 Å². The lowest BCUT2D eigenvalue weighted by atomic mass is 9.99. The van der Waals surface area contributed by atoms with Gasteiger partial charge in [0.2, 0.25) is 0 Å². The Bertz CT molecular complexity index is 478. The SMILES string of the molecule is CN1[C@@H]2C=C[C@H]1CC(Oc1ccc(F)c(Cl)c1)C2.Cl. The Kier molecular flexibility index (Phi) is 4.39. The number of hydrogen-bond donors (Lipinski definition) is 0. The molecule has 0 saturated carbocycles. The second kappa shape index (κ2) is 5.70. The van der Waals surface area contributed by atoms with Gasteiger partial charge in [-0.25, -0.2) is 4.39 Å². The van der Waals surface area contributed by atoms with Gasteiger partial charge in [0.1, 0.15) is 17.7 Å². The van der Waals surface area contributed by atoms with Crippen LogP contribution in [-0.2, 0) is 0 Å². The molecule has 1 aromatic rings. The maximum atomic E-state index is 13.1. The third kappa shape index (κ3) is 2.88. The molecule has 3 rings (SSSR count). The lowest BCUT2D eigenvalue weighted by Crippen LogP contribution is -2.44. The molecule has 1 fully saturated rings. The quantitative estimate of drug-likeness (QED) is 0.773. The number of halogens is 3. The molecule has 3 atom stereocenters. The fourth-order valence-electron chi connectivity index (χ4n) is 2.74. The predicted molar refractivity (Wildman–Crippen MR) is 76.8 cm³/mol. The maximum Gasteiger partial charge on any atom is 0.142 e. The Balaban J connectivity index is 0.00000133. The van der Waals surface area contributed by atoms with Crippen LogP contribution >= 0.6 is 24.0 Å². The fraction of sp³-hybridized carbons (Fsp3) is 0.429. The highest BCUT2D eigenvalue weighted by Gasteiger charge is 2.35. The molecule has 2 nitrogen and oxygen atoms in total. The molecule has 0 spiro atoms. The summed E-state index contributed by atoms with van der Waals surface area (Å²) in [7, 11) is 2.14. The average Bonchev–Trinajstić information content (AvgIpc) is 2.58. The summed E-state index contributed by atoms with van der Waals surface area (Å²) in [4.78, 5) is 2.36. The van der Waals surface area contributed by atoms with Crippen LogP contribution in [0.25, 0.3) is 0 Å². The van der Waals surface area contributed by atoms with Crippen molar-refractivity contribution in [3.05, 3.63) is 41.2 Å². The first-order valence-corrected chi connectivity index (χ1v) is 6.53. The second-order valence-corrected chi connectivity index (χ2v) is 5.38. The maximum absolute atomic E-state index is 13.1. The first kappa shape index (κ1) is 14.6. The predicted octanol–water partition coefficient (Wildman–Crippen LogP) is 3.68. The highest BCUT2D eigenvalue weighted by molar-refractivity contribution is 6.30. The van der Waals surface area contributed by atoms with Gasteiger partial charge in [0.05, 0.1) is 5.02 Å². The Morgan fingerprint density at radius 3 is 2.47 bits per heavy atom. The monoisotopic (exact) mass is 303 g/mol. The molecule has 19 heavy (non-hydrogen) atoms. The number of hydrogen-bond acceptors (Lipinski definition) is 2. The van der Waals surface area contributed by atoms with Gasteiger partial charge in [0.15, 0.2) is 0 Å². The molecule has 1 unspecified atom stereocenters. The molecule has 2 heterocycles. The van der Waals surface area contributed by atoms with Gasteiger partial charge in [-0.1, -0.05) is 23.8 Å². The van der Waals surface area contributed by atoms with Crippen LogP contribution in [-0.4, -0.2) is 30.1 Å². The summed E-state index contributed by atoms with van der Waals surface area (Å²) in [6.07, 6.45) is 6.60. The Morgan fingerprint density at radius 2 is 1.89 bits per heavy atom. The standard InChI is InChI=1S/C14H15ClFNO.ClH/c1-17-9-2-3-10(17)7-12(6-9)18-11-4-5-14(16)13(15)8-11;/h2-5,8-10,12H,6-7H2,1H3;1H/t9-,10+,12?;. The number of rotatable bonds is 2. The highest BCUT2D eigenvalue weighted by atomic mass is 35.5. The fourth-order valence-corrected chi connectivity index (χ4v) is 2.91. The van der Waals surface area contributed by atoms with Gasteiger partial charge >= 0.3 is 0 Å². The lowest BCUT2D eigenvalue weighted by molar-refractivity contribution is 0.0751. The zero-order chi connectivity index (χ0) is 12.7. The molecule has 104 valence electrons. The van der Waals surface area contributed by atoms with E-state index in [0.717, 1.165) is 12.8 Å². The van der Waals surface area contributed by atoms with E-state index in [1.54, 1.807) is 12.1 Å². The molecule has 0 N–H and O–H groups in total. The van der Waals surface area contributed by atoms with E-state index in [0.29, 0.717) is 17.8 Å². The summed E-state index contributed by atoms with van der Waals surface area (Å²) in [5, 5.41) is 0.113. The van der Waals surface area contributed by atoms with Crippen LogP contribution < -0.4 is 4.74 Å². The third-order valence-electron chi connectivity index (χ3n) is 3.80. The number of piperidine rings is 1. The van der Waals surface area contributed by atoms with Crippen LogP contribution in [0.5, 0.6) is 5.75 Å². The van der Waals surface area contributed by atoms with Crippen LogP contribution in [0.15, 0.2) is 30.4 Å². The Labute approximate surface area is 123 Å². The summed E-state index contributed by atoms with van der Waals surface area (Å²) in [6.45, 7) is 0. The molecular formula is C14H16Cl2FNO. The molecule has 1 saturated heterocycles. The van der Waals surface area contributed by atoms with Gasteiger partial charge < -0.3 is 4.74 Å². The molecule has 0 amide bonds. The molecule has 0 aliphatic carbocycles. The van der Waals surface area contributed by atoms with Crippen LogP contribution in [0.1, 0.15) is 12.8 Å². The largest absolute Gasteiger partial charge is 0.490 e. The lowest BCUT2D eigenvalue weighted by Gasteiger charge is -2.36. The van der Waals surface area contributed by atoms with Crippen molar-refractivity contribution in [2.24, 2.45) is 0 Å². The normalized spacial score (nSPS) is 29.1. The van der Waals surface area contributed by atoms with Crippen molar-refractivity contribution < 1.29 is 9.13 Å². The summed E-state index contributed by atoms with van der Waals surface area (Å²) >= 11 is 5.75. The molecule has 5 heteroatoms. The van der Waals surface area contributed by atoms with Crippen molar-refractivity contribution in [1.29, 1.82) is 0 Å². The van der Waals surface area contributed by atoms with Crippen molar-refractivity contribution in [3.63, 3.8) is 0 Å². The second-order valence-electron chi connectivity index (χ2n) is 4.97. The van der Waals surface area contributed by atoms with Gasteiger partial charge in [-0.15, -0.1) is 12.4 Å². The third-order valence-corrected chi connectivity index (χ3v) is 4.09. The van der Waals surface area contributed by atoms with Gasteiger partial charge in [0.25, 0.3) is 0 Å². The molecule has 2 aliphatic heterocycles. The van der Waals surface area contributed by atoms with Crippen LogP contribution in [0.4, 0.5) is 4.39 Å². The molecule has 0 radical (unpaired) electrons. The van der Waals surface area contributed by atoms with E-state index in [1.165, 1.54) is 6.07 Å². The Hall–Kier alpha value is -0.770. The van der Waals surface area contributed by atoms with E-state index < -0.39 is 5.82 Å². The minimum absolute atomic E-state index is 0. The summed E-state index contributed by atoms with van der Waals surface area (Å²) in [5.41, 5.74) is 0. The number of fused-ring (bicyclic) bond motifs is 2. The van der Waals surface area contributed by atoms with Gasteiger partial charge in [-0.2, -0.15) is 0 Å². The van der Waals surface area contributed by atoms with Gasteiger partial charge in [-0.3, -0.25) is 4.90 Å². The van der Waals surface area contributed by atoms with Crippen molar-refractivity contribution in [1.82, 2.24) is 4.90 Å². The number of benzene rings is 1. The van der Waals surface area contributed by atoms with Crippen molar-refractivity contribution in [2.45, 2.75) is 31.0 Å². The van der Waals surface area contributed by atoms with E-state index >= 15 is 0 Å². The molecule has 1 aromatic carbocycles.